The van der Waals surface area contributed by atoms with Crippen molar-refractivity contribution < 1.29 is 0 Å². The van der Waals surface area contributed by atoms with Crippen molar-refractivity contribution in [3.05, 3.63) is 125 Å². The molecule has 0 N–H and O–H groups in total. The molecule has 0 radical (unpaired) electrons. The SMILES string of the molecule is N#Cc1cc(C#N)cc(N2B3c4c(cccc4-c4ccccc4N3c3cc(C#N)cc(C#N)c3)-c3ccccc32)c1. The van der Waals surface area contributed by atoms with E-state index in [1.54, 1.807) is 36.4 Å². The maximum atomic E-state index is 9.84. The average molecular weight is 520 g/mol. The number of nitrogens with zero attached hydrogens (tertiary/aromatic N) is 6. The van der Waals surface area contributed by atoms with Crippen molar-refractivity contribution in [1.29, 1.82) is 21.0 Å². The average Bonchev–Trinajstić information content (AvgIpc) is 3.04. The minimum absolute atomic E-state index is 0.386. The van der Waals surface area contributed by atoms with E-state index >= 15 is 0 Å². The lowest BCUT2D eigenvalue weighted by molar-refractivity contribution is 1.25. The summed E-state index contributed by atoms with van der Waals surface area (Å²) in [4.78, 5) is 4.31. The van der Waals surface area contributed by atoms with Crippen LogP contribution in [0.25, 0.3) is 22.3 Å². The smallest absolute Gasteiger partial charge is 0.361 e. The van der Waals surface area contributed by atoms with Crippen LogP contribution in [-0.2, 0) is 0 Å². The minimum Gasteiger partial charge on any atom is -0.361 e. The summed E-state index contributed by atoms with van der Waals surface area (Å²) in [7, 11) is 0. The molecule has 2 heterocycles. The highest BCUT2D eigenvalue weighted by molar-refractivity contribution is 6.86. The second-order valence-electron chi connectivity index (χ2n) is 9.90. The number of anilines is 4. The Morgan fingerprint density at radius 2 is 0.805 bits per heavy atom. The monoisotopic (exact) mass is 520 g/mol. The zero-order valence-corrected chi connectivity index (χ0v) is 21.6. The highest BCUT2D eigenvalue weighted by Gasteiger charge is 2.46. The Labute approximate surface area is 237 Å². The van der Waals surface area contributed by atoms with Gasteiger partial charge in [-0.15, -0.1) is 0 Å². The van der Waals surface area contributed by atoms with Gasteiger partial charge in [0.2, 0.25) is 0 Å². The molecule has 0 aromatic heterocycles. The van der Waals surface area contributed by atoms with Crippen LogP contribution < -0.4 is 15.1 Å². The molecule has 5 aromatic rings. The van der Waals surface area contributed by atoms with Crippen molar-refractivity contribution in [2.24, 2.45) is 0 Å². The summed E-state index contributed by atoms with van der Waals surface area (Å²) >= 11 is 0. The molecule has 6 nitrogen and oxygen atoms in total. The van der Waals surface area contributed by atoms with Crippen LogP contribution in [0, 0.1) is 45.3 Å². The van der Waals surface area contributed by atoms with E-state index in [1.165, 1.54) is 0 Å². The Morgan fingerprint density at radius 1 is 0.439 bits per heavy atom. The topological polar surface area (TPSA) is 102 Å². The van der Waals surface area contributed by atoms with E-state index in [0.717, 1.165) is 39.1 Å². The summed E-state index contributed by atoms with van der Waals surface area (Å²) in [6.07, 6.45) is 0. The van der Waals surface area contributed by atoms with Gasteiger partial charge < -0.3 is 9.62 Å². The maximum absolute atomic E-state index is 9.84. The fourth-order valence-corrected chi connectivity index (χ4v) is 6.09. The van der Waals surface area contributed by atoms with Crippen molar-refractivity contribution in [1.82, 2.24) is 0 Å². The third kappa shape index (κ3) is 3.55. The molecule has 5 aromatic carbocycles. The minimum atomic E-state index is -0.452. The fourth-order valence-electron chi connectivity index (χ4n) is 6.09. The Kier molecular flexibility index (Phi) is 5.33. The Bertz CT molecular complexity index is 1880. The number of hydrogen-bond donors (Lipinski definition) is 0. The first kappa shape index (κ1) is 23.8. The van der Waals surface area contributed by atoms with E-state index in [1.807, 2.05) is 36.4 Å². The molecule has 41 heavy (non-hydrogen) atoms. The summed E-state index contributed by atoms with van der Waals surface area (Å²) in [5.74, 6) is 0. The summed E-state index contributed by atoms with van der Waals surface area (Å²) in [5, 5.41) is 39.4. The predicted octanol–water partition coefficient (Wildman–Crippen LogP) is 6.51. The molecule has 0 amide bonds. The Hall–Kier alpha value is -6.28. The molecular formula is C34H17BN6. The molecule has 0 bridgehead atoms. The number of fused-ring (bicyclic) bond motifs is 4. The number of benzene rings is 5. The third-order valence-corrected chi connectivity index (χ3v) is 7.67. The molecule has 0 saturated carbocycles. The molecule has 2 aliphatic heterocycles. The van der Waals surface area contributed by atoms with Crippen LogP contribution in [0.4, 0.5) is 22.7 Å². The highest BCUT2D eigenvalue weighted by Crippen LogP contribution is 2.48. The van der Waals surface area contributed by atoms with Gasteiger partial charge in [-0.3, -0.25) is 0 Å². The van der Waals surface area contributed by atoms with Gasteiger partial charge in [0, 0.05) is 33.9 Å². The van der Waals surface area contributed by atoms with Crippen LogP contribution in [0.15, 0.2) is 103 Å². The van der Waals surface area contributed by atoms with Gasteiger partial charge >= 0.3 is 6.98 Å². The second-order valence-corrected chi connectivity index (χ2v) is 9.90. The molecule has 0 unspecified atom stereocenters. The quantitative estimate of drug-likeness (QED) is 0.246. The van der Waals surface area contributed by atoms with Gasteiger partial charge in [-0.05, 0) is 65.1 Å². The zero-order chi connectivity index (χ0) is 28.1. The van der Waals surface area contributed by atoms with E-state index < -0.39 is 6.98 Å². The van der Waals surface area contributed by atoms with Crippen LogP contribution in [0.1, 0.15) is 22.3 Å². The third-order valence-electron chi connectivity index (χ3n) is 7.67. The molecule has 0 spiro atoms. The largest absolute Gasteiger partial charge is 0.421 e. The van der Waals surface area contributed by atoms with Gasteiger partial charge in [0.1, 0.15) is 0 Å². The molecule has 0 aliphatic carbocycles. The van der Waals surface area contributed by atoms with Crippen LogP contribution >= 0.6 is 0 Å². The van der Waals surface area contributed by atoms with Gasteiger partial charge in [-0.25, -0.2) is 0 Å². The predicted molar refractivity (Wildman–Crippen MR) is 159 cm³/mol. The van der Waals surface area contributed by atoms with Crippen molar-refractivity contribution in [3.63, 3.8) is 0 Å². The number of rotatable bonds is 2. The number of hydrogen-bond acceptors (Lipinski definition) is 6. The fraction of sp³-hybridized carbons (Fsp3) is 0. The van der Waals surface area contributed by atoms with Gasteiger partial charge in [0.15, 0.2) is 0 Å². The van der Waals surface area contributed by atoms with Crippen molar-refractivity contribution in [2.75, 3.05) is 9.62 Å². The van der Waals surface area contributed by atoms with E-state index in [9.17, 15) is 21.0 Å². The molecule has 0 saturated heterocycles. The summed E-state index contributed by atoms with van der Waals surface area (Å²) in [6.45, 7) is -0.452. The van der Waals surface area contributed by atoms with Gasteiger partial charge in [-0.2, -0.15) is 21.0 Å². The molecule has 7 heteroatoms. The van der Waals surface area contributed by atoms with E-state index in [2.05, 4.69) is 64.2 Å². The van der Waals surface area contributed by atoms with Crippen LogP contribution in [0.5, 0.6) is 0 Å². The summed E-state index contributed by atoms with van der Waals surface area (Å²) < 4.78 is 0. The molecule has 0 atom stereocenters. The van der Waals surface area contributed by atoms with Crippen molar-refractivity contribution >= 4 is 35.2 Å². The van der Waals surface area contributed by atoms with Crippen LogP contribution in [0.2, 0.25) is 0 Å². The lowest BCUT2D eigenvalue weighted by Gasteiger charge is -2.47. The zero-order valence-electron chi connectivity index (χ0n) is 21.6. The van der Waals surface area contributed by atoms with Crippen LogP contribution in [-0.4, -0.2) is 6.98 Å². The molecular weight excluding hydrogens is 503 g/mol. The Morgan fingerprint density at radius 3 is 1.20 bits per heavy atom. The van der Waals surface area contributed by atoms with Crippen molar-refractivity contribution in [3.8, 4) is 46.5 Å². The van der Waals surface area contributed by atoms with Gasteiger partial charge in [0.05, 0.1) is 46.5 Å². The molecule has 2 aliphatic rings. The first-order chi connectivity index (χ1) is 20.1. The molecule has 7 rings (SSSR count). The first-order valence-corrected chi connectivity index (χ1v) is 13.0. The summed E-state index contributed by atoms with van der Waals surface area (Å²) in [6, 6.07) is 41.7. The maximum Gasteiger partial charge on any atom is 0.421 e. The molecule has 0 fully saturated rings. The van der Waals surface area contributed by atoms with Crippen LogP contribution in [0.3, 0.4) is 0 Å². The van der Waals surface area contributed by atoms with E-state index in [-0.39, 0.29) is 0 Å². The lowest BCUT2D eigenvalue weighted by Crippen LogP contribution is -2.61. The normalized spacial score (nSPS) is 12.1. The first-order valence-electron chi connectivity index (χ1n) is 13.0. The number of para-hydroxylation sites is 2. The van der Waals surface area contributed by atoms with E-state index in [4.69, 9.17) is 0 Å². The highest BCUT2D eigenvalue weighted by atomic mass is 15.2. The van der Waals surface area contributed by atoms with Gasteiger partial charge in [-0.1, -0.05) is 54.6 Å². The lowest BCUT2D eigenvalue weighted by atomic mass is 9.53. The van der Waals surface area contributed by atoms with E-state index in [0.29, 0.717) is 33.6 Å². The standard InChI is InChI=1S/C34H17BN6/c36-18-22-12-23(19-37)15-26(14-22)40-32-10-3-1-6-28(32)30-8-5-9-31-29-7-2-4-11-33(29)41(35(40)34(30)31)27-16-24(20-38)13-25(17-27)21-39/h1-17H. The van der Waals surface area contributed by atoms with Crippen molar-refractivity contribution in [2.45, 2.75) is 0 Å². The van der Waals surface area contributed by atoms with Gasteiger partial charge in [0.25, 0.3) is 0 Å². The second kappa shape index (κ2) is 9.18. The molecule has 186 valence electrons. The summed E-state index contributed by atoms with van der Waals surface area (Å²) in [5.41, 5.74) is 10.0. The Balaban J connectivity index is 1.62. The number of nitriles is 4.